The molecule has 1 aromatic heterocycles. The molecule has 1 amide bonds. The Labute approximate surface area is 297 Å². The number of aromatic nitrogens is 2. The number of carbonyl (C=O) groups excluding carboxylic acids is 2. The molecule has 290 valence electrons. The van der Waals surface area contributed by atoms with E-state index < -0.39 is 90.0 Å². The summed E-state index contributed by atoms with van der Waals surface area (Å²) in [4.78, 5) is 35.1. The minimum absolute atomic E-state index is 0.0289. The fourth-order valence-corrected chi connectivity index (χ4v) is 5.66. The third-order valence-electron chi connectivity index (χ3n) is 8.33. The van der Waals surface area contributed by atoms with Crippen molar-refractivity contribution < 1.29 is 68.4 Å². The van der Waals surface area contributed by atoms with Crippen LogP contribution in [0.3, 0.4) is 0 Å². The quantitative estimate of drug-likeness (QED) is 0.148. The predicted molar refractivity (Wildman–Crippen MR) is 170 cm³/mol. The number of esters is 1. The van der Waals surface area contributed by atoms with Crippen molar-refractivity contribution in [3.63, 3.8) is 0 Å². The lowest BCUT2D eigenvalue weighted by Crippen LogP contribution is -2.47. The van der Waals surface area contributed by atoms with Crippen molar-refractivity contribution in [3.8, 4) is 5.75 Å². The second-order valence-electron chi connectivity index (χ2n) is 12.7. The molecule has 0 spiro atoms. The number of methoxy groups -OCH3 is 1. The van der Waals surface area contributed by atoms with Gasteiger partial charge in [-0.2, -0.15) is 39.5 Å². The molecule has 0 radical (unpaired) electrons. The standard InChI is InChI=1S/C34H35F9N4O6/c1-5-22-15-24(23-14-19(32(35,36)37)6-7-26(23)47(22)30(50)53-17-31(2,3)28(49)51-4)45-29-44-16-27(52-9-8-48)25(46-29)12-18-10-20(33(38,39)40)13-21(11-18)34(41,42)43/h6-7,10-11,13-14,16,22,24,48H,5,8-9,12,15,17H2,1-4H3,(H,44,45,46)/t22-,24+/m1/s1. The number of halogens is 9. The van der Waals surface area contributed by atoms with E-state index in [9.17, 15) is 54.2 Å². The van der Waals surface area contributed by atoms with E-state index in [1.165, 1.54) is 18.7 Å². The number of alkyl halides is 9. The Morgan fingerprint density at radius 3 is 2.11 bits per heavy atom. The maximum Gasteiger partial charge on any atom is 0.416 e. The monoisotopic (exact) mass is 766 g/mol. The van der Waals surface area contributed by atoms with Crippen LogP contribution in [0.4, 0.5) is 55.9 Å². The Bertz CT molecular complexity index is 1770. The molecule has 2 atom stereocenters. The molecule has 1 aliphatic heterocycles. The number of hydrogen-bond donors (Lipinski definition) is 2. The van der Waals surface area contributed by atoms with Crippen molar-refractivity contribution >= 4 is 23.7 Å². The van der Waals surface area contributed by atoms with Crippen LogP contribution in [0, 0.1) is 5.41 Å². The maximum absolute atomic E-state index is 13.9. The number of carbonyl (C=O) groups is 2. The van der Waals surface area contributed by atoms with Crippen molar-refractivity contribution in [2.24, 2.45) is 5.41 Å². The Balaban J connectivity index is 1.76. The van der Waals surface area contributed by atoms with E-state index in [4.69, 9.17) is 14.2 Å². The van der Waals surface area contributed by atoms with E-state index in [0.29, 0.717) is 12.1 Å². The lowest BCUT2D eigenvalue weighted by molar-refractivity contribution is -0.153. The molecule has 4 rings (SSSR count). The number of fused-ring (bicyclic) bond motifs is 1. The predicted octanol–water partition coefficient (Wildman–Crippen LogP) is 7.97. The number of hydrogen-bond acceptors (Lipinski definition) is 9. The highest BCUT2D eigenvalue weighted by atomic mass is 19.4. The van der Waals surface area contributed by atoms with Gasteiger partial charge in [0.15, 0.2) is 5.75 Å². The van der Waals surface area contributed by atoms with Gasteiger partial charge in [-0.15, -0.1) is 0 Å². The number of aliphatic hydroxyl groups is 1. The van der Waals surface area contributed by atoms with E-state index >= 15 is 0 Å². The summed E-state index contributed by atoms with van der Waals surface area (Å²) in [5.74, 6) is -1.14. The van der Waals surface area contributed by atoms with Crippen molar-refractivity contribution in [1.29, 1.82) is 0 Å². The summed E-state index contributed by atoms with van der Waals surface area (Å²) >= 11 is 0. The van der Waals surface area contributed by atoms with Crippen molar-refractivity contribution in [3.05, 3.63) is 76.1 Å². The third kappa shape index (κ3) is 9.79. The van der Waals surface area contributed by atoms with E-state index in [1.807, 2.05) is 0 Å². The van der Waals surface area contributed by atoms with Gasteiger partial charge in [0, 0.05) is 12.5 Å². The highest BCUT2D eigenvalue weighted by Crippen LogP contribution is 2.44. The van der Waals surface area contributed by atoms with Crippen LogP contribution in [-0.2, 0) is 39.2 Å². The average Bonchev–Trinajstić information content (AvgIpc) is 3.08. The summed E-state index contributed by atoms with van der Waals surface area (Å²) in [6, 6.07) is 1.98. The fourth-order valence-electron chi connectivity index (χ4n) is 5.66. The molecule has 0 bridgehead atoms. The minimum atomic E-state index is -5.12. The van der Waals surface area contributed by atoms with Gasteiger partial charge in [-0.25, -0.2) is 14.8 Å². The Morgan fingerprint density at radius 2 is 1.57 bits per heavy atom. The van der Waals surface area contributed by atoms with Crippen LogP contribution in [0.5, 0.6) is 5.75 Å². The van der Waals surface area contributed by atoms with Crippen LogP contribution < -0.4 is 15.0 Å². The number of aliphatic hydroxyl groups excluding tert-OH is 1. The van der Waals surface area contributed by atoms with Gasteiger partial charge in [0.05, 0.1) is 59.4 Å². The largest absolute Gasteiger partial charge is 0.488 e. The van der Waals surface area contributed by atoms with Gasteiger partial charge in [-0.05, 0) is 74.2 Å². The van der Waals surface area contributed by atoms with Crippen LogP contribution >= 0.6 is 0 Å². The number of nitrogens with one attached hydrogen (secondary N) is 1. The highest BCUT2D eigenvalue weighted by Gasteiger charge is 2.41. The van der Waals surface area contributed by atoms with Crippen LogP contribution in [0.2, 0.25) is 0 Å². The smallest absolute Gasteiger partial charge is 0.416 e. The molecule has 0 unspecified atom stereocenters. The van der Waals surface area contributed by atoms with Gasteiger partial charge in [-0.1, -0.05) is 6.92 Å². The maximum atomic E-state index is 13.9. The first-order chi connectivity index (χ1) is 24.6. The van der Waals surface area contributed by atoms with Gasteiger partial charge < -0.3 is 24.6 Å². The van der Waals surface area contributed by atoms with Gasteiger partial charge in [-0.3, -0.25) is 9.69 Å². The van der Waals surface area contributed by atoms with Gasteiger partial charge in [0.2, 0.25) is 5.95 Å². The SMILES string of the molecule is CC[C@@H]1C[C@H](Nc2ncc(OCCO)c(Cc3cc(C(F)(F)F)cc(C(F)(F)F)c3)n2)c2cc(C(F)(F)F)ccc2N1C(=O)OCC(C)(C)C(=O)OC. The molecule has 53 heavy (non-hydrogen) atoms. The number of nitrogens with zero attached hydrogens (tertiary/aromatic N) is 3. The molecule has 3 aromatic rings. The molecule has 0 aliphatic carbocycles. The average molecular weight is 767 g/mol. The second kappa shape index (κ2) is 15.7. The lowest BCUT2D eigenvalue weighted by Gasteiger charge is -2.40. The summed E-state index contributed by atoms with van der Waals surface area (Å²) in [5.41, 5.74) is -6.08. The van der Waals surface area contributed by atoms with Crippen LogP contribution in [0.15, 0.2) is 42.6 Å². The Morgan fingerprint density at radius 1 is 0.943 bits per heavy atom. The molecule has 10 nitrogen and oxygen atoms in total. The van der Waals surface area contributed by atoms with Crippen molar-refractivity contribution in [2.75, 3.05) is 37.1 Å². The zero-order valence-electron chi connectivity index (χ0n) is 28.7. The first-order valence-corrected chi connectivity index (χ1v) is 16.0. The number of anilines is 2. The van der Waals surface area contributed by atoms with E-state index in [0.717, 1.165) is 31.5 Å². The molecular weight excluding hydrogens is 731 g/mol. The number of rotatable bonds is 11. The van der Waals surface area contributed by atoms with Crippen LogP contribution in [0.1, 0.15) is 73.2 Å². The molecular formula is C34H35F9N4O6. The van der Waals surface area contributed by atoms with Gasteiger partial charge in [0.1, 0.15) is 13.2 Å². The zero-order valence-corrected chi connectivity index (χ0v) is 28.7. The molecule has 0 saturated carbocycles. The molecule has 0 saturated heterocycles. The number of benzene rings is 2. The normalized spacial score (nSPS) is 16.5. The van der Waals surface area contributed by atoms with Crippen LogP contribution in [0.25, 0.3) is 0 Å². The summed E-state index contributed by atoms with van der Waals surface area (Å²) in [6.07, 6.45) is -15.3. The third-order valence-corrected chi connectivity index (χ3v) is 8.33. The first kappa shape index (κ1) is 41.0. The lowest BCUT2D eigenvalue weighted by atomic mass is 9.89. The van der Waals surface area contributed by atoms with E-state index in [2.05, 4.69) is 15.3 Å². The van der Waals surface area contributed by atoms with E-state index in [1.54, 1.807) is 6.92 Å². The molecule has 0 fully saturated rings. The first-order valence-electron chi connectivity index (χ1n) is 16.0. The molecule has 2 aromatic carbocycles. The second-order valence-corrected chi connectivity index (χ2v) is 12.7. The number of ether oxygens (including phenoxy) is 3. The topological polar surface area (TPSA) is 123 Å². The van der Waals surface area contributed by atoms with Crippen LogP contribution in [-0.4, -0.2) is 60.1 Å². The number of amides is 1. The summed E-state index contributed by atoms with van der Waals surface area (Å²) in [5, 5.41) is 12.2. The highest BCUT2D eigenvalue weighted by molar-refractivity contribution is 5.91. The van der Waals surface area contributed by atoms with Crippen molar-refractivity contribution in [2.45, 2.75) is 70.6 Å². The molecule has 2 heterocycles. The summed E-state index contributed by atoms with van der Waals surface area (Å²) in [7, 11) is 1.16. The summed E-state index contributed by atoms with van der Waals surface area (Å²) in [6.45, 7) is 3.39. The zero-order chi connectivity index (χ0) is 39.5. The molecule has 1 aliphatic rings. The molecule has 19 heteroatoms. The Hall–Kier alpha value is -4.81. The van der Waals surface area contributed by atoms with Crippen molar-refractivity contribution in [1.82, 2.24) is 9.97 Å². The van der Waals surface area contributed by atoms with Gasteiger partial charge in [0.25, 0.3) is 0 Å². The van der Waals surface area contributed by atoms with E-state index in [-0.39, 0.29) is 54.2 Å². The minimum Gasteiger partial charge on any atom is -0.488 e. The summed E-state index contributed by atoms with van der Waals surface area (Å²) < 4.78 is 139. The van der Waals surface area contributed by atoms with Gasteiger partial charge >= 0.3 is 30.6 Å². The molecule has 2 N–H and O–H groups in total. The Kier molecular flexibility index (Phi) is 12.1. The fraction of sp³-hybridized carbons (Fsp3) is 0.471.